The second-order valence-corrected chi connectivity index (χ2v) is 7.39. The van der Waals surface area contributed by atoms with E-state index in [1.54, 1.807) is 23.1 Å². The summed E-state index contributed by atoms with van der Waals surface area (Å²) < 4.78 is 11.3. The zero-order chi connectivity index (χ0) is 21.6. The van der Waals surface area contributed by atoms with Crippen LogP contribution in [0.2, 0.25) is 0 Å². The number of anilines is 2. The number of hydrogen-bond donors (Lipinski definition) is 1. The highest BCUT2D eigenvalue weighted by molar-refractivity contribution is 5.99. The second-order valence-electron chi connectivity index (χ2n) is 7.39. The average molecular weight is 416 g/mol. The van der Waals surface area contributed by atoms with Crippen LogP contribution < -0.4 is 19.7 Å². The number of aryl methyl sites for hydroxylation is 1. The summed E-state index contributed by atoms with van der Waals surface area (Å²) in [6.07, 6.45) is 0.279. The third kappa shape index (κ3) is 5.22. The largest absolute Gasteiger partial charge is 0.492 e. The topological polar surface area (TPSA) is 67.9 Å². The highest BCUT2D eigenvalue weighted by Gasteiger charge is 2.26. The minimum Gasteiger partial charge on any atom is -0.492 e. The summed E-state index contributed by atoms with van der Waals surface area (Å²) in [4.78, 5) is 26.5. The predicted octanol–water partition coefficient (Wildman–Crippen LogP) is 3.98. The van der Waals surface area contributed by atoms with Crippen molar-refractivity contribution in [2.24, 2.45) is 0 Å². The molecule has 0 radical (unpaired) electrons. The van der Waals surface area contributed by atoms with E-state index in [0.29, 0.717) is 30.3 Å². The van der Waals surface area contributed by atoms with Crippen molar-refractivity contribution in [1.82, 2.24) is 0 Å². The molecule has 1 aliphatic rings. The van der Waals surface area contributed by atoms with Crippen molar-refractivity contribution in [2.75, 3.05) is 30.0 Å². The fourth-order valence-electron chi connectivity index (χ4n) is 3.40. The van der Waals surface area contributed by atoms with Crippen LogP contribution in [0.1, 0.15) is 11.1 Å². The molecule has 6 heteroatoms. The molecule has 4 rings (SSSR count). The Hall–Kier alpha value is -3.80. The van der Waals surface area contributed by atoms with Gasteiger partial charge in [-0.15, -0.1) is 0 Å². The summed E-state index contributed by atoms with van der Waals surface area (Å²) >= 11 is 0. The lowest BCUT2D eigenvalue weighted by Crippen LogP contribution is -2.41. The summed E-state index contributed by atoms with van der Waals surface area (Å²) in [7, 11) is 0. The van der Waals surface area contributed by atoms with E-state index in [1.165, 1.54) is 0 Å². The Morgan fingerprint density at radius 2 is 1.84 bits per heavy atom. The van der Waals surface area contributed by atoms with E-state index in [9.17, 15) is 9.59 Å². The Balaban J connectivity index is 1.42. The van der Waals surface area contributed by atoms with Crippen LogP contribution in [0, 0.1) is 6.92 Å². The zero-order valence-electron chi connectivity index (χ0n) is 17.3. The smallest absolute Gasteiger partial charge is 0.265 e. The van der Waals surface area contributed by atoms with E-state index >= 15 is 0 Å². The molecular formula is C25H24N2O4. The van der Waals surface area contributed by atoms with Gasteiger partial charge in [0.25, 0.3) is 5.91 Å². The maximum absolute atomic E-state index is 12.5. The molecule has 2 amide bonds. The molecular weight excluding hydrogens is 392 g/mol. The van der Waals surface area contributed by atoms with Crippen LogP contribution >= 0.6 is 0 Å². The Morgan fingerprint density at radius 3 is 2.61 bits per heavy atom. The number of nitrogens with zero attached hydrogens (tertiary/aromatic N) is 1. The predicted molar refractivity (Wildman–Crippen MR) is 120 cm³/mol. The van der Waals surface area contributed by atoms with Crippen molar-refractivity contribution in [3.05, 3.63) is 83.9 Å². The van der Waals surface area contributed by atoms with Gasteiger partial charge in [0.15, 0.2) is 6.61 Å². The third-order valence-corrected chi connectivity index (χ3v) is 5.00. The van der Waals surface area contributed by atoms with Crippen LogP contribution in [0.5, 0.6) is 11.5 Å². The number of fused-ring (bicyclic) bond motifs is 1. The van der Waals surface area contributed by atoms with Crippen LogP contribution in [-0.4, -0.2) is 31.6 Å². The van der Waals surface area contributed by atoms with Gasteiger partial charge in [-0.1, -0.05) is 48.0 Å². The molecule has 0 aliphatic carbocycles. The molecule has 1 heterocycles. The summed E-state index contributed by atoms with van der Waals surface area (Å²) in [6, 6.07) is 22.6. The fourth-order valence-corrected chi connectivity index (χ4v) is 3.40. The first kappa shape index (κ1) is 20.5. The first-order valence-electron chi connectivity index (χ1n) is 10.2. The molecule has 0 unspecified atom stereocenters. The molecule has 0 fully saturated rings. The molecule has 158 valence electrons. The van der Waals surface area contributed by atoms with E-state index in [2.05, 4.69) is 5.32 Å². The molecule has 0 atom stereocenters. The van der Waals surface area contributed by atoms with Gasteiger partial charge in [-0.3, -0.25) is 9.59 Å². The first-order valence-corrected chi connectivity index (χ1v) is 10.2. The summed E-state index contributed by atoms with van der Waals surface area (Å²) in [6.45, 7) is 2.73. The standard InChI is InChI=1S/C25H24N2O4/c1-18-7-10-21(11-8-18)30-14-13-27-22-16-20(9-12-23(22)31-17-25(27)29)26-24(28)15-19-5-3-2-4-6-19/h2-12,16H,13-15,17H2,1H3,(H,26,28). The van der Waals surface area contributed by atoms with Crippen molar-refractivity contribution in [3.63, 3.8) is 0 Å². The van der Waals surface area contributed by atoms with Gasteiger partial charge in [-0.2, -0.15) is 0 Å². The molecule has 31 heavy (non-hydrogen) atoms. The maximum Gasteiger partial charge on any atom is 0.265 e. The molecule has 0 saturated heterocycles. The molecule has 0 bridgehead atoms. The van der Waals surface area contributed by atoms with Crippen LogP contribution in [0.4, 0.5) is 11.4 Å². The van der Waals surface area contributed by atoms with Crippen LogP contribution in [0.25, 0.3) is 0 Å². The van der Waals surface area contributed by atoms with Gasteiger partial charge in [-0.25, -0.2) is 0 Å². The van der Waals surface area contributed by atoms with Crippen molar-refractivity contribution >= 4 is 23.2 Å². The Labute approximate surface area is 181 Å². The van der Waals surface area contributed by atoms with Gasteiger partial charge in [0, 0.05) is 5.69 Å². The monoisotopic (exact) mass is 416 g/mol. The van der Waals surface area contributed by atoms with Gasteiger partial charge < -0.3 is 19.7 Å². The lowest BCUT2D eigenvalue weighted by molar-refractivity contribution is -0.121. The summed E-state index contributed by atoms with van der Waals surface area (Å²) in [5.74, 6) is 1.10. The van der Waals surface area contributed by atoms with Crippen molar-refractivity contribution in [1.29, 1.82) is 0 Å². The second kappa shape index (κ2) is 9.34. The van der Waals surface area contributed by atoms with Gasteiger partial charge in [0.2, 0.25) is 5.91 Å². The number of carbonyl (C=O) groups excluding carboxylic acids is 2. The van der Waals surface area contributed by atoms with E-state index < -0.39 is 0 Å². The highest BCUT2D eigenvalue weighted by atomic mass is 16.5. The Morgan fingerprint density at radius 1 is 1.06 bits per heavy atom. The van der Waals surface area contributed by atoms with Gasteiger partial charge in [0.1, 0.15) is 18.1 Å². The van der Waals surface area contributed by atoms with Gasteiger partial charge in [-0.05, 0) is 42.8 Å². The van der Waals surface area contributed by atoms with Crippen LogP contribution in [-0.2, 0) is 16.0 Å². The van der Waals surface area contributed by atoms with Crippen molar-refractivity contribution in [3.8, 4) is 11.5 Å². The summed E-state index contributed by atoms with van der Waals surface area (Å²) in [5.41, 5.74) is 3.33. The number of rotatable bonds is 7. The minimum atomic E-state index is -0.146. The van der Waals surface area contributed by atoms with Crippen LogP contribution in [0.3, 0.4) is 0 Å². The Kier molecular flexibility index (Phi) is 6.17. The van der Waals surface area contributed by atoms with Crippen molar-refractivity contribution in [2.45, 2.75) is 13.3 Å². The molecule has 0 aromatic heterocycles. The Bertz CT molecular complexity index is 1060. The quantitative estimate of drug-likeness (QED) is 0.633. The van der Waals surface area contributed by atoms with E-state index in [4.69, 9.17) is 9.47 Å². The van der Waals surface area contributed by atoms with Crippen LogP contribution in [0.15, 0.2) is 72.8 Å². The molecule has 0 spiro atoms. The lowest BCUT2D eigenvalue weighted by atomic mass is 10.1. The SMILES string of the molecule is Cc1ccc(OCCN2C(=O)COc3ccc(NC(=O)Cc4ccccc4)cc32)cc1. The average Bonchev–Trinajstić information content (AvgIpc) is 2.77. The molecule has 1 N–H and O–H groups in total. The number of amides is 2. The third-order valence-electron chi connectivity index (χ3n) is 5.00. The van der Waals surface area contributed by atoms with E-state index in [-0.39, 0.29) is 24.8 Å². The molecule has 1 aliphatic heterocycles. The lowest BCUT2D eigenvalue weighted by Gasteiger charge is -2.29. The highest BCUT2D eigenvalue weighted by Crippen LogP contribution is 2.34. The number of ether oxygens (including phenoxy) is 2. The molecule has 0 saturated carbocycles. The minimum absolute atomic E-state index is 0.0166. The number of hydrogen-bond acceptors (Lipinski definition) is 4. The molecule has 3 aromatic carbocycles. The number of nitrogens with one attached hydrogen (secondary N) is 1. The number of carbonyl (C=O) groups is 2. The van der Waals surface area contributed by atoms with Crippen molar-refractivity contribution < 1.29 is 19.1 Å². The summed E-state index contributed by atoms with van der Waals surface area (Å²) in [5, 5.41) is 2.90. The van der Waals surface area contributed by atoms with E-state index in [1.807, 2.05) is 61.5 Å². The first-order chi connectivity index (χ1) is 15.1. The fraction of sp³-hybridized carbons (Fsp3) is 0.200. The molecule has 3 aromatic rings. The molecule has 6 nitrogen and oxygen atoms in total. The zero-order valence-corrected chi connectivity index (χ0v) is 17.3. The van der Waals surface area contributed by atoms with Gasteiger partial charge >= 0.3 is 0 Å². The maximum atomic E-state index is 12.5. The van der Waals surface area contributed by atoms with E-state index in [0.717, 1.165) is 16.9 Å². The van der Waals surface area contributed by atoms with Gasteiger partial charge in [0.05, 0.1) is 18.7 Å². The normalized spacial score (nSPS) is 12.7. The number of benzene rings is 3.